The second-order valence-corrected chi connectivity index (χ2v) is 5.32. The van der Waals surface area contributed by atoms with Crippen LogP contribution in [0.3, 0.4) is 0 Å². The molecule has 2 rings (SSSR count). The molecule has 1 saturated heterocycles. The highest BCUT2D eigenvalue weighted by molar-refractivity contribution is 6.35. The lowest BCUT2D eigenvalue weighted by atomic mass is 10.0. The van der Waals surface area contributed by atoms with Crippen LogP contribution in [0.25, 0.3) is 0 Å². The van der Waals surface area contributed by atoms with E-state index in [-0.39, 0.29) is 16.5 Å². The highest BCUT2D eigenvalue weighted by Crippen LogP contribution is 2.25. The summed E-state index contributed by atoms with van der Waals surface area (Å²) in [4.78, 5) is 25.0. The second kappa shape index (κ2) is 5.80. The number of likely N-dealkylation sites (tertiary alicyclic amines) is 1. The van der Waals surface area contributed by atoms with E-state index in [4.69, 9.17) is 23.2 Å². The van der Waals surface area contributed by atoms with Crippen molar-refractivity contribution in [2.24, 2.45) is 0 Å². The van der Waals surface area contributed by atoms with E-state index in [9.17, 15) is 14.7 Å². The first-order chi connectivity index (χ1) is 9.00. The number of carbonyl (C=O) groups is 2. The molecule has 1 atom stereocenters. The van der Waals surface area contributed by atoms with E-state index in [1.165, 1.54) is 17.0 Å². The van der Waals surface area contributed by atoms with Gasteiger partial charge in [0.05, 0.1) is 10.6 Å². The van der Waals surface area contributed by atoms with Crippen molar-refractivity contribution < 1.29 is 14.7 Å². The number of carboxylic acid groups (broad SMARTS) is 1. The fourth-order valence-electron chi connectivity index (χ4n) is 2.25. The summed E-state index contributed by atoms with van der Waals surface area (Å²) in [5.74, 6) is -1.36. The van der Waals surface area contributed by atoms with Gasteiger partial charge in [0.2, 0.25) is 0 Å². The third-order valence-corrected chi connectivity index (χ3v) is 3.77. The van der Waals surface area contributed by atoms with Crippen LogP contribution in [0.2, 0.25) is 10.0 Å². The monoisotopic (exact) mass is 301 g/mol. The molecule has 0 unspecified atom stereocenters. The van der Waals surface area contributed by atoms with Crippen LogP contribution in [0.5, 0.6) is 0 Å². The van der Waals surface area contributed by atoms with Gasteiger partial charge in [0, 0.05) is 11.6 Å². The molecule has 0 aliphatic carbocycles. The number of carboxylic acids is 1. The van der Waals surface area contributed by atoms with Crippen molar-refractivity contribution in [1.29, 1.82) is 0 Å². The van der Waals surface area contributed by atoms with Crippen LogP contribution in [-0.4, -0.2) is 34.5 Å². The number of hydrogen-bond donors (Lipinski definition) is 1. The molecule has 0 aromatic heterocycles. The van der Waals surface area contributed by atoms with Gasteiger partial charge in [-0.2, -0.15) is 0 Å². The predicted octanol–water partition coefficient (Wildman–Crippen LogP) is 3.07. The Hall–Kier alpha value is -1.26. The summed E-state index contributed by atoms with van der Waals surface area (Å²) in [7, 11) is 0. The highest BCUT2D eigenvalue weighted by atomic mass is 35.5. The number of rotatable bonds is 2. The molecule has 1 aliphatic heterocycles. The van der Waals surface area contributed by atoms with Crippen LogP contribution in [0, 0.1) is 0 Å². The average Bonchev–Trinajstić information content (AvgIpc) is 2.40. The Bertz CT molecular complexity index is 519. The minimum absolute atomic E-state index is 0.252. The van der Waals surface area contributed by atoms with Gasteiger partial charge in [-0.1, -0.05) is 23.2 Å². The van der Waals surface area contributed by atoms with Crippen molar-refractivity contribution in [2.75, 3.05) is 6.54 Å². The maximum Gasteiger partial charge on any atom is 0.326 e. The highest BCUT2D eigenvalue weighted by Gasteiger charge is 2.33. The molecule has 0 saturated carbocycles. The minimum Gasteiger partial charge on any atom is -0.480 e. The smallest absolute Gasteiger partial charge is 0.326 e. The largest absolute Gasteiger partial charge is 0.480 e. The summed E-state index contributed by atoms with van der Waals surface area (Å²) in [5.41, 5.74) is 0.252. The van der Waals surface area contributed by atoms with E-state index in [0.717, 1.165) is 12.8 Å². The number of aliphatic carboxylic acids is 1. The van der Waals surface area contributed by atoms with Crippen LogP contribution < -0.4 is 0 Å². The zero-order valence-electron chi connectivity index (χ0n) is 10.1. The van der Waals surface area contributed by atoms with Crippen molar-refractivity contribution >= 4 is 35.1 Å². The Kier molecular flexibility index (Phi) is 4.32. The van der Waals surface area contributed by atoms with Crippen molar-refractivity contribution in [1.82, 2.24) is 4.90 Å². The van der Waals surface area contributed by atoms with Crippen LogP contribution in [0.15, 0.2) is 18.2 Å². The minimum atomic E-state index is -0.980. The molecule has 1 N–H and O–H groups in total. The average molecular weight is 302 g/mol. The lowest BCUT2D eigenvalue weighted by Gasteiger charge is -2.33. The standard InChI is InChI=1S/C13H13Cl2NO3/c14-8-4-5-10(15)9(7-8)12(17)16-6-2-1-3-11(16)13(18)19/h4-5,7,11H,1-3,6H2,(H,18,19)/t11-/m1/s1. The molecule has 1 heterocycles. The lowest BCUT2D eigenvalue weighted by Crippen LogP contribution is -2.48. The molecule has 1 aromatic carbocycles. The van der Waals surface area contributed by atoms with Crippen LogP contribution >= 0.6 is 23.2 Å². The second-order valence-electron chi connectivity index (χ2n) is 4.47. The summed E-state index contributed by atoms with van der Waals surface area (Å²) in [6, 6.07) is 3.82. The van der Waals surface area contributed by atoms with E-state index < -0.39 is 12.0 Å². The van der Waals surface area contributed by atoms with Gasteiger partial charge in [-0.05, 0) is 37.5 Å². The van der Waals surface area contributed by atoms with Crippen molar-refractivity contribution in [3.63, 3.8) is 0 Å². The van der Waals surface area contributed by atoms with E-state index >= 15 is 0 Å². The molecule has 19 heavy (non-hydrogen) atoms. The first-order valence-electron chi connectivity index (χ1n) is 5.99. The molecule has 0 radical (unpaired) electrons. The number of halogens is 2. The summed E-state index contributed by atoms with van der Waals surface area (Å²) in [6.07, 6.45) is 2.08. The van der Waals surface area contributed by atoms with Gasteiger partial charge in [-0.3, -0.25) is 4.79 Å². The predicted molar refractivity (Wildman–Crippen MR) is 72.8 cm³/mol. The molecule has 102 valence electrons. The Balaban J connectivity index is 2.31. The van der Waals surface area contributed by atoms with Crippen molar-refractivity contribution in [3.05, 3.63) is 33.8 Å². The number of carbonyl (C=O) groups excluding carboxylic acids is 1. The van der Waals surface area contributed by atoms with Crippen LogP contribution in [-0.2, 0) is 4.79 Å². The summed E-state index contributed by atoms with van der Waals surface area (Å²) in [6.45, 7) is 0.429. The molecule has 1 amide bonds. The van der Waals surface area contributed by atoms with Gasteiger partial charge in [0.25, 0.3) is 5.91 Å². The topological polar surface area (TPSA) is 57.6 Å². The van der Waals surface area contributed by atoms with Gasteiger partial charge in [-0.15, -0.1) is 0 Å². The van der Waals surface area contributed by atoms with E-state index in [1.807, 2.05) is 0 Å². The Morgan fingerprint density at radius 3 is 2.68 bits per heavy atom. The third kappa shape index (κ3) is 3.01. The number of hydrogen-bond acceptors (Lipinski definition) is 2. The lowest BCUT2D eigenvalue weighted by molar-refractivity contribution is -0.143. The molecule has 1 aromatic rings. The summed E-state index contributed by atoms with van der Waals surface area (Å²) >= 11 is 11.8. The summed E-state index contributed by atoms with van der Waals surface area (Å²) in [5, 5.41) is 9.86. The molecule has 0 spiro atoms. The SMILES string of the molecule is O=C(O)[C@H]1CCCCN1C(=O)c1cc(Cl)ccc1Cl. The van der Waals surface area contributed by atoms with Gasteiger partial charge in [0.15, 0.2) is 0 Å². The molecule has 1 aliphatic rings. The van der Waals surface area contributed by atoms with Crippen molar-refractivity contribution in [2.45, 2.75) is 25.3 Å². The molecular weight excluding hydrogens is 289 g/mol. The Morgan fingerprint density at radius 1 is 1.26 bits per heavy atom. The quantitative estimate of drug-likeness (QED) is 0.913. The van der Waals surface area contributed by atoms with E-state index in [2.05, 4.69) is 0 Å². The van der Waals surface area contributed by atoms with Crippen LogP contribution in [0.1, 0.15) is 29.6 Å². The molecule has 6 heteroatoms. The number of benzene rings is 1. The van der Waals surface area contributed by atoms with E-state index in [1.54, 1.807) is 6.07 Å². The van der Waals surface area contributed by atoms with Crippen LogP contribution in [0.4, 0.5) is 0 Å². The van der Waals surface area contributed by atoms with Gasteiger partial charge >= 0.3 is 5.97 Å². The molecule has 4 nitrogen and oxygen atoms in total. The maximum absolute atomic E-state index is 12.4. The molecular formula is C13H13Cl2NO3. The Morgan fingerprint density at radius 2 is 2.00 bits per heavy atom. The zero-order valence-corrected chi connectivity index (χ0v) is 11.6. The van der Waals surface area contributed by atoms with Gasteiger partial charge < -0.3 is 10.0 Å². The van der Waals surface area contributed by atoms with E-state index in [0.29, 0.717) is 18.0 Å². The molecule has 1 fully saturated rings. The molecule has 0 bridgehead atoms. The van der Waals surface area contributed by atoms with Gasteiger partial charge in [-0.25, -0.2) is 4.79 Å². The first-order valence-corrected chi connectivity index (χ1v) is 6.75. The number of piperidine rings is 1. The maximum atomic E-state index is 12.4. The van der Waals surface area contributed by atoms with Crippen molar-refractivity contribution in [3.8, 4) is 0 Å². The number of nitrogens with zero attached hydrogens (tertiary/aromatic N) is 1. The first kappa shape index (κ1) is 14.2. The zero-order chi connectivity index (χ0) is 14.0. The normalized spacial score (nSPS) is 19.3. The Labute approximate surface area is 120 Å². The fourth-order valence-corrected chi connectivity index (χ4v) is 2.62. The summed E-state index contributed by atoms with van der Waals surface area (Å²) < 4.78 is 0. The third-order valence-electron chi connectivity index (χ3n) is 3.21. The fraction of sp³-hybridized carbons (Fsp3) is 0.385. The van der Waals surface area contributed by atoms with Gasteiger partial charge in [0.1, 0.15) is 6.04 Å². The number of amides is 1.